The van der Waals surface area contributed by atoms with E-state index in [0.717, 1.165) is 0 Å². The summed E-state index contributed by atoms with van der Waals surface area (Å²) in [4.78, 5) is 3.85. The van der Waals surface area contributed by atoms with Gasteiger partial charge in [0.05, 0.1) is 17.9 Å². The second kappa shape index (κ2) is 3.05. The highest BCUT2D eigenvalue weighted by atomic mass is 16.3. The Bertz CT molecular complexity index is 271. The number of aromatic nitrogens is 1. The van der Waals surface area contributed by atoms with Crippen LogP contribution in [0.25, 0.3) is 0 Å². The highest BCUT2D eigenvalue weighted by Crippen LogP contribution is 2.14. The number of aliphatic hydroxyl groups is 1. The van der Waals surface area contributed by atoms with Gasteiger partial charge in [0.25, 0.3) is 0 Å². The van der Waals surface area contributed by atoms with Crippen molar-refractivity contribution < 1.29 is 10.2 Å². The lowest BCUT2D eigenvalue weighted by Gasteiger charge is -1.99. The van der Waals surface area contributed by atoms with Gasteiger partial charge in [-0.1, -0.05) is 6.58 Å². The van der Waals surface area contributed by atoms with Crippen LogP contribution >= 0.6 is 0 Å². The minimum atomic E-state index is -0.000926. The number of allylic oxidation sites excluding steroid dienone is 1. The molecule has 0 amide bonds. The SMILES string of the molecule is C=C(O)Cc1ncccc1O. The Morgan fingerprint density at radius 3 is 2.91 bits per heavy atom. The first-order valence-electron chi connectivity index (χ1n) is 3.20. The Morgan fingerprint density at radius 1 is 1.64 bits per heavy atom. The Kier molecular flexibility index (Phi) is 2.11. The van der Waals surface area contributed by atoms with Crippen LogP contribution in [0.5, 0.6) is 5.75 Å². The quantitative estimate of drug-likeness (QED) is 0.628. The van der Waals surface area contributed by atoms with Crippen LogP contribution in [0.15, 0.2) is 30.7 Å². The van der Waals surface area contributed by atoms with Gasteiger partial charge in [0.15, 0.2) is 0 Å². The van der Waals surface area contributed by atoms with E-state index in [4.69, 9.17) is 10.2 Å². The average molecular weight is 151 g/mol. The fraction of sp³-hybridized carbons (Fsp3) is 0.125. The third-order valence-electron chi connectivity index (χ3n) is 1.24. The van der Waals surface area contributed by atoms with Gasteiger partial charge in [-0.25, -0.2) is 0 Å². The van der Waals surface area contributed by atoms with E-state index in [-0.39, 0.29) is 17.9 Å². The maximum atomic E-state index is 9.14. The Hall–Kier alpha value is -1.51. The number of nitrogens with zero attached hydrogens (tertiary/aromatic N) is 1. The molecule has 0 aromatic carbocycles. The van der Waals surface area contributed by atoms with Crippen LogP contribution < -0.4 is 0 Å². The van der Waals surface area contributed by atoms with Crippen molar-refractivity contribution in [3.05, 3.63) is 36.4 Å². The van der Waals surface area contributed by atoms with E-state index in [0.29, 0.717) is 5.69 Å². The van der Waals surface area contributed by atoms with E-state index in [9.17, 15) is 0 Å². The predicted molar refractivity (Wildman–Crippen MR) is 41.4 cm³/mol. The number of aromatic hydroxyl groups is 1. The molecule has 2 N–H and O–H groups in total. The number of rotatable bonds is 2. The van der Waals surface area contributed by atoms with Crippen LogP contribution in [0.3, 0.4) is 0 Å². The van der Waals surface area contributed by atoms with E-state index in [1.165, 1.54) is 6.07 Å². The lowest BCUT2D eigenvalue weighted by molar-refractivity contribution is 0.394. The molecule has 0 aliphatic heterocycles. The van der Waals surface area contributed by atoms with Crippen LogP contribution in [0.4, 0.5) is 0 Å². The highest BCUT2D eigenvalue weighted by Gasteiger charge is 2.01. The minimum absolute atomic E-state index is 0.000926. The maximum absolute atomic E-state index is 9.14. The summed E-state index contributed by atoms with van der Waals surface area (Å²) in [5.41, 5.74) is 0.444. The molecule has 0 saturated carbocycles. The maximum Gasteiger partial charge on any atom is 0.137 e. The Labute approximate surface area is 64.6 Å². The summed E-state index contributed by atoms with van der Waals surface area (Å²) in [5, 5.41) is 17.9. The summed E-state index contributed by atoms with van der Waals surface area (Å²) in [6.45, 7) is 3.30. The first-order valence-corrected chi connectivity index (χ1v) is 3.20. The second-order valence-corrected chi connectivity index (χ2v) is 2.21. The summed E-state index contributed by atoms with van der Waals surface area (Å²) in [7, 11) is 0. The van der Waals surface area contributed by atoms with Crippen molar-refractivity contribution in [2.75, 3.05) is 0 Å². The van der Waals surface area contributed by atoms with Gasteiger partial charge in [-0.15, -0.1) is 0 Å². The van der Waals surface area contributed by atoms with Crippen molar-refractivity contribution in [1.82, 2.24) is 4.98 Å². The molecule has 0 radical (unpaired) electrons. The van der Waals surface area contributed by atoms with E-state index in [2.05, 4.69) is 11.6 Å². The smallest absolute Gasteiger partial charge is 0.137 e. The minimum Gasteiger partial charge on any atom is -0.513 e. The van der Waals surface area contributed by atoms with E-state index < -0.39 is 0 Å². The molecule has 1 heterocycles. The average Bonchev–Trinajstić information content (AvgIpc) is 1.93. The number of pyridine rings is 1. The fourth-order valence-electron chi connectivity index (χ4n) is 0.759. The second-order valence-electron chi connectivity index (χ2n) is 2.21. The normalized spacial score (nSPS) is 9.45. The van der Waals surface area contributed by atoms with Crippen LogP contribution in [0.2, 0.25) is 0 Å². The molecule has 3 nitrogen and oxygen atoms in total. The molecular weight excluding hydrogens is 142 g/mol. The largest absolute Gasteiger partial charge is 0.513 e. The number of hydrogen-bond acceptors (Lipinski definition) is 3. The van der Waals surface area contributed by atoms with Crippen molar-refractivity contribution in [1.29, 1.82) is 0 Å². The predicted octanol–water partition coefficient (Wildman–Crippen LogP) is 1.40. The van der Waals surface area contributed by atoms with Crippen LogP contribution in [0, 0.1) is 0 Å². The molecule has 3 heteroatoms. The van der Waals surface area contributed by atoms with Gasteiger partial charge in [0, 0.05) is 6.20 Å². The van der Waals surface area contributed by atoms with Crippen LogP contribution in [-0.4, -0.2) is 15.2 Å². The van der Waals surface area contributed by atoms with Gasteiger partial charge in [-0.05, 0) is 12.1 Å². The Morgan fingerprint density at radius 2 is 2.36 bits per heavy atom. The van der Waals surface area contributed by atoms with Gasteiger partial charge < -0.3 is 10.2 Å². The monoisotopic (exact) mass is 151 g/mol. The summed E-state index contributed by atoms with van der Waals surface area (Å²) in [5.74, 6) is 0.0849. The molecule has 0 aliphatic rings. The molecule has 0 bridgehead atoms. The van der Waals surface area contributed by atoms with Gasteiger partial charge >= 0.3 is 0 Å². The zero-order valence-corrected chi connectivity index (χ0v) is 5.99. The molecule has 0 saturated heterocycles. The van der Waals surface area contributed by atoms with E-state index in [1.54, 1.807) is 12.3 Å². The molecule has 0 atom stereocenters. The lowest BCUT2D eigenvalue weighted by Crippen LogP contribution is -1.91. The van der Waals surface area contributed by atoms with Gasteiger partial charge in [-0.2, -0.15) is 0 Å². The molecule has 0 spiro atoms. The van der Waals surface area contributed by atoms with Crippen LogP contribution in [-0.2, 0) is 6.42 Å². The zero-order chi connectivity index (χ0) is 8.27. The van der Waals surface area contributed by atoms with Crippen molar-refractivity contribution in [2.45, 2.75) is 6.42 Å². The zero-order valence-electron chi connectivity index (χ0n) is 5.99. The topological polar surface area (TPSA) is 53.4 Å². The van der Waals surface area contributed by atoms with Crippen molar-refractivity contribution in [3.63, 3.8) is 0 Å². The van der Waals surface area contributed by atoms with E-state index in [1.807, 2.05) is 0 Å². The molecule has 11 heavy (non-hydrogen) atoms. The third-order valence-corrected chi connectivity index (χ3v) is 1.24. The van der Waals surface area contributed by atoms with Crippen molar-refractivity contribution in [3.8, 4) is 5.75 Å². The first-order chi connectivity index (χ1) is 5.20. The molecular formula is C8H9NO2. The molecule has 1 rings (SSSR count). The van der Waals surface area contributed by atoms with E-state index >= 15 is 0 Å². The van der Waals surface area contributed by atoms with Gasteiger partial charge in [0.1, 0.15) is 5.75 Å². The standard InChI is InChI=1S/C8H9NO2/c1-6(10)5-7-8(11)3-2-4-9-7/h2-4,10-11H,1,5H2. The first kappa shape index (κ1) is 7.60. The molecule has 0 fully saturated rings. The molecule has 0 unspecified atom stereocenters. The summed E-state index contributed by atoms with van der Waals surface area (Å²) in [6.07, 6.45) is 1.75. The highest BCUT2D eigenvalue weighted by molar-refractivity contribution is 5.27. The van der Waals surface area contributed by atoms with Gasteiger partial charge in [-0.3, -0.25) is 4.98 Å². The summed E-state index contributed by atoms with van der Waals surface area (Å²) < 4.78 is 0. The number of hydrogen-bond donors (Lipinski definition) is 2. The molecule has 1 aromatic rings. The Balaban J connectivity index is 2.86. The third kappa shape index (κ3) is 1.97. The number of aliphatic hydroxyl groups excluding tert-OH is 1. The molecule has 1 aromatic heterocycles. The molecule has 0 aliphatic carbocycles. The van der Waals surface area contributed by atoms with Gasteiger partial charge in [0.2, 0.25) is 0 Å². The summed E-state index contributed by atoms with van der Waals surface area (Å²) >= 11 is 0. The summed E-state index contributed by atoms with van der Waals surface area (Å²) in [6, 6.07) is 3.14. The van der Waals surface area contributed by atoms with Crippen LogP contribution in [0.1, 0.15) is 5.69 Å². The molecule has 58 valence electrons. The lowest BCUT2D eigenvalue weighted by atomic mass is 10.2. The van der Waals surface area contributed by atoms with Crippen molar-refractivity contribution >= 4 is 0 Å². The fourth-order valence-corrected chi connectivity index (χ4v) is 0.759. The van der Waals surface area contributed by atoms with Crippen molar-refractivity contribution in [2.24, 2.45) is 0 Å².